The molecular weight excluding hydrogens is 375 g/mol. The van der Waals surface area contributed by atoms with Gasteiger partial charge in [-0.1, -0.05) is 18.5 Å². The van der Waals surface area contributed by atoms with Crippen molar-refractivity contribution in [3.63, 3.8) is 0 Å². The van der Waals surface area contributed by atoms with E-state index in [1.807, 2.05) is 12.1 Å². The van der Waals surface area contributed by atoms with Gasteiger partial charge in [0.15, 0.2) is 0 Å². The van der Waals surface area contributed by atoms with Gasteiger partial charge in [0.1, 0.15) is 0 Å². The van der Waals surface area contributed by atoms with Crippen LogP contribution in [0, 0.1) is 3.57 Å². The molecule has 1 unspecified atom stereocenters. The van der Waals surface area contributed by atoms with Crippen LogP contribution < -0.4 is 5.32 Å². The maximum atomic E-state index is 12.1. The van der Waals surface area contributed by atoms with E-state index in [1.54, 1.807) is 6.07 Å². The number of likely N-dealkylation sites (tertiary alicyclic amines) is 1. The van der Waals surface area contributed by atoms with Gasteiger partial charge in [-0.3, -0.25) is 9.69 Å². The Hall–Kier alpha value is -0.330. The topological polar surface area (TPSA) is 32.3 Å². The lowest BCUT2D eigenvalue weighted by Gasteiger charge is -2.22. The molecule has 1 atom stereocenters. The number of benzene rings is 1. The SMILES string of the molecule is CCN1CCCC1CNC(=O)c1ccc(I)c(Cl)c1. The molecule has 1 aromatic carbocycles. The summed E-state index contributed by atoms with van der Waals surface area (Å²) in [6, 6.07) is 5.89. The van der Waals surface area contributed by atoms with Gasteiger partial charge in [0.2, 0.25) is 0 Å². The maximum Gasteiger partial charge on any atom is 0.251 e. The molecule has 0 aliphatic carbocycles. The fraction of sp³-hybridized carbons (Fsp3) is 0.500. The molecule has 0 bridgehead atoms. The second-order valence-electron chi connectivity index (χ2n) is 4.76. The monoisotopic (exact) mass is 392 g/mol. The number of rotatable bonds is 4. The average molecular weight is 393 g/mol. The van der Waals surface area contributed by atoms with Crippen molar-refractivity contribution in [3.8, 4) is 0 Å². The number of hydrogen-bond acceptors (Lipinski definition) is 2. The van der Waals surface area contributed by atoms with Crippen LogP contribution in [0.25, 0.3) is 0 Å². The highest BCUT2D eigenvalue weighted by molar-refractivity contribution is 14.1. The van der Waals surface area contributed by atoms with Gasteiger partial charge in [-0.2, -0.15) is 0 Å². The number of amides is 1. The molecule has 0 spiro atoms. The van der Waals surface area contributed by atoms with Crippen LogP contribution >= 0.6 is 34.2 Å². The molecule has 0 saturated carbocycles. The van der Waals surface area contributed by atoms with Gasteiger partial charge in [-0.15, -0.1) is 0 Å². The molecule has 1 N–H and O–H groups in total. The standard InChI is InChI=1S/C14H18ClIN2O/c1-2-18-7-3-4-11(18)9-17-14(19)10-5-6-13(16)12(15)8-10/h5-6,8,11H,2-4,7,9H2,1H3,(H,17,19). The lowest BCUT2D eigenvalue weighted by Crippen LogP contribution is -2.40. The second-order valence-corrected chi connectivity index (χ2v) is 6.33. The first kappa shape index (κ1) is 15.1. The molecule has 1 aliphatic heterocycles. The molecule has 5 heteroatoms. The Morgan fingerprint density at radius 2 is 2.37 bits per heavy atom. The predicted molar refractivity (Wildman–Crippen MR) is 86.8 cm³/mol. The van der Waals surface area contributed by atoms with E-state index in [-0.39, 0.29) is 5.91 Å². The van der Waals surface area contributed by atoms with Crippen molar-refractivity contribution in [2.75, 3.05) is 19.6 Å². The van der Waals surface area contributed by atoms with E-state index in [1.165, 1.54) is 12.8 Å². The molecule has 1 aromatic rings. The van der Waals surface area contributed by atoms with Gasteiger partial charge in [0, 0.05) is 21.7 Å². The lowest BCUT2D eigenvalue weighted by molar-refractivity contribution is 0.0941. The van der Waals surface area contributed by atoms with Gasteiger partial charge < -0.3 is 5.32 Å². The third-order valence-corrected chi connectivity index (χ3v) is 5.16. The Morgan fingerprint density at radius 1 is 1.58 bits per heavy atom. The average Bonchev–Trinajstić information content (AvgIpc) is 2.86. The van der Waals surface area contributed by atoms with Crippen LogP contribution in [0.5, 0.6) is 0 Å². The van der Waals surface area contributed by atoms with E-state index < -0.39 is 0 Å². The number of hydrogen-bond donors (Lipinski definition) is 1. The fourth-order valence-electron chi connectivity index (χ4n) is 2.49. The molecule has 19 heavy (non-hydrogen) atoms. The van der Waals surface area contributed by atoms with Gasteiger partial charge in [0.05, 0.1) is 5.02 Å². The van der Waals surface area contributed by atoms with Crippen molar-refractivity contribution < 1.29 is 4.79 Å². The summed E-state index contributed by atoms with van der Waals surface area (Å²) in [5.41, 5.74) is 0.631. The fourth-order valence-corrected chi connectivity index (χ4v) is 3.01. The molecule has 1 fully saturated rings. The zero-order chi connectivity index (χ0) is 13.8. The third kappa shape index (κ3) is 3.83. The normalized spacial score (nSPS) is 19.6. The Balaban J connectivity index is 1.92. The molecule has 3 nitrogen and oxygen atoms in total. The minimum absolute atomic E-state index is 0.0405. The highest BCUT2D eigenvalue weighted by Crippen LogP contribution is 2.20. The quantitative estimate of drug-likeness (QED) is 0.798. The van der Waals surface area contributed by atoms with Crippen LogP contribution in [-0.4, -0.2) is 36.5 Å². The summed E-state index contributed by atoms with van der Waals surface area (Å²) >= 11 is 8.19. The highest BCUT2D eigenvalue weighted by Gasteiger charge is 2.23. The van der Waals surface area contributed by atoms with Crippen LogP contribution in [0.2, 0.25) is 5.02 Å². The van der Waals surface area contributed by atoms with Gasteiger partial charge >= 0.3 is 0 Å². The summed E-state index contributed by atoms with van der Waals surface area (Å²) in [6.45, 7) is 5.08. The molecular formula is C14H18ClIN2O. The van der Waals surface area contributed by atoms with Gasteiger partial charge in [-0.05, 0) is 66.7 Å². The molecule has 1 amide bonds. The number of carbonyl (C=O) groups is 1. The second kappa shape index (κ2) is 6.90. The van der Waals surface area contributed by atoms with Crippen LogP contribution in [0.1, 0.15) is 30.1 Å². The number of nitrogens with one attached hydrogen (secondary N) is 1. The summed E-state index contributed by atoms with van der Waals surface area (Å²) in [7, 11) is 0. The Bertz CT molecular complexity index is 467. The summed E-state index contributed by atoms with van der Waals surface area (Å²) in [5, 5.41) is 3.64. The molecule has 1 aliphatic rings. The first-order chi connectivity index (χ1) is 9.11. The van der Waals surface area contributed by atoms with Crippen molar-refractivity contribution in [2.24, 2.45) is 0 Å². The molecule has 104 valence electrons. The van der Waals surface area contributed by atoms with E-state index in [9.17, 15) is 4.79 Å². The zero-order valence-corrected chi connectivity index (χ0v) is 13.9. The van der Waals surface area contributed by atoms with E-state index in [4.69, 9.17) is 11.6 Å². The van der Waals surface area contributed by atoms with Crippen LogP contribution in [0.3, 0.4) is 0 Å². The minimum atomic E-state index is -0.0405. The van der Waals surface area contributed by atoms with E-state index >= 15 is 0 Å². The van der Waals surface area contributed by atoms with Gasteiger partial charge in [0.25, 0.3) is 5.91 Å². The summed E-state index contributed by atoms with van der Waals surface area (Å²) in [6.07, 6.45) is 2.39. The van der Waals surface area contributed by atoms with Crippen LogP contribution in [-0.2, 0) is 0 Å². The number of likely N-dealkylation sites (N-methyl/N-ethyl adjacent to an activating group) is 1. The lowest BCUT2D eigenvalue weighted by atomic mass is 10.2. The summed E-state index contributed by atoms with van der Waals surface area (Å²) in [4.78, 5) is 14.5. The smallest absolute Gasteiger partial charge is 0.251 e. The Morgan fingerprint density at radius 3 is 3.05 bits per heavy atom. The first-order valence-electron chi connectivity index (χ1n) is 6.59. The summed E-state index contributed by atoms with van der Waals surface area (Å²) < 4.78 is 0.962. The van der Waals surface area contributed by atoms with E-state index in [0.29, 0.717) is 16.6 Å². The molecule has 1 saturated heterocycles. The van der Waals surface area contributed by atoms with E-state index in [0.717, 1.165) is 23.2 Å². The first-order valence-corrected chi connectivity index (χ1v) is 8.04. The maximum absolute atomic E-state index is 12.1. The van der Waals surface area contributed by atoms with Crippen LogP contribution in [0.4, 0.5) is 0 Å². The minimum Gasteiger partial charge on any atom is -0.350 e. The van der Waals surface area contributed by atoms with E-state index in [2.05, 4.69) is 39.7 Å². The molecule has 0 aromatic heterocycles. The van der Waals surface area contributed by atoms with Crippen LogP contribution in [0.15, 0.2) is 18.2 Å². The van der Waals surface area contributed by atoms with Crippen molar-refractivity contribution in [1.82, 2.24) is 10.2 Å². The number of nitrogens with zero attached hydrogens (tertiary/aromatic N) is 1. The molecule has 2 rings (SSSR count). The predicted octanol–water partition coefficient (Wildman–Crippen LogP) is 3.16. The Kier molecular flexibility index (Phi) is 5.47. The molecule has 0 radical (unpaired) electrons. The van der Waals surface area contributed by atoms with Crippen molar-refractivity contribution >= 4 is 40.1 Å². The Labute approximate surface area is 132 Å². The van der Waals surface area contributed by atoms with Gasteiger partial charge in [-0.25, -0.2) is 0 Å². The van der Waals surface area contributed by atoms with Crippen molar-refractivity contribution in [3.05, 3.63) is 32.4 Å². The summed E-state index contributed by atoms with van der Waals surface area (Å²) in [5.74, 6) is -0.0405. The third-order valence-electron chi connectivity index (χ3n) is 3.59. The van der Waals surface area contributed by atoms with Crippen molar-refractivity contribution in [1.29, 1.82) is 0 Å². The largest absolute Gasteiger partial charge is 0.350 e. The van der Waals surface area contributed by atoms with Crippen molar-refractivity contribution in [2.45, 2.75) is 25.8 Å². The number of carbonyl (C=O) groups excluding carboxylic acids is 1. The molecule has 1 heterocycles. The zero-order valence-electron chi connectivity index (χ0n) is 11.0. The number of halogens is 2. The highest BCUT2D eigenvalue weighted by atomic mass is 127.